The van der Waals surface area contributed by atoms with Crippen molar-refractivity contribution in [2.24, 2.45) is 0 Å². The molecule has 0 aliphatic carbocycles. The minimum Gasteiger partial charge on any atom is -0.494 e. The van der Waals surface area contributed by atoms with Crippen molar-refractivity contribution in [3.8, 4) is 23.3 Å². The first kappa shape index (κ1) is 25.0. The summed E-state index contributed by atoms with van der Waals surface area (Å²) in [5, 5.41) is 0. The summed E-state index contributed by atoms with van der Waals surface area (Å²) < 4.78 is 37.5. The van der Waals surface area contributed by atoms with Crippen molar-refractivity contribution in [2.45, 2.75) is 45.4 Å². The van der Waals surface area contributed by atoms with Crippen LogP contribution >= 0.6 is 0 Å². The van der Waals surface area contributed by atoms with Gasteiger partial charge in [0.2, 0.25) is 0 Å². The van der Waals surface area contributed by atoms with Gasteiger partial charge in [0.05, 0.1) is 12.2 Å². The molecule has 0 radical (unpaired) electrons. The van der Waals surface area contributed by atoms with Crippen molar-refractivity contribution in [2.75, 3.05) is 6.61 Å². The van der Waals surface area contributed by atoms with Crippen LogP contribution in [0.3, 0.4) is 0 Å². The Kier molecular flexibility index (Phi) is 9.66. The molecule has 0 amide bonds. The van der Waals surface area contributed by atoms with Gasteiger partial charge in [-0.25, -0.2) is 13.6 Å². The van der Waals surface area contributed by atoms with E-state index < -0.39 is 17.6 Å². The summed E-state index contributed by atoms with van der Waals surface area (Å²) in [7, 11) is 0. The average Bonchev–Trinajstić information content (AvgIpc) is 2.83. The van der Waals surface area contributed by atoms with Gasteiger partial charge in [-0.15, -0.1) is 0 Å². The maximum atomic E-state index is 13.3. The van der Waals surface area contributed by atoms with E-state index in [1.165, 1.54) is 32.1 Å². The molecule has 0 bridgehead atoms. The Balaban J connectivity index is 1.48. The van der Waals surface area contributed by atoms with E-state index in [2.05, 4.69) is 18.8 Å². The Labute approximate surface area is 199 Å². The van der Waals surface area contributed by atoms with E-state index in [1.54, 1.807) is 24.3 Å². The molecule has 3 aromatic carbocycles. The summed E-state index contributed by atoms with van der Waals surface area (Å²) in [5.41, 5.74) is 1.40. The molecule has 3 nitrogen and oxygen atoms in total. The summed E-state index contributed by atoms with van der Waals surface area (Å²) in [6.07, 6.45) is 7.39. The van der Waals surface area contributed by atoms with Crippen molar-refractivity contribution >= 4 is 5.97 Å². The van der Waals surface area contributed by atoms with Crippen LogP contribution in [-0.4, -0.2) is 12.6 Å². The quantitative estimate of drug-likeness (QED) is 0.137. The van der Waals surface area contributed by atoms with E-state index in [9.17, 15) is 13.6 Å². The Morgan fingerprint density at radius 3 is 1.85 bits per heavy atom. The Bertz CT molecular complexity index is 1110. The first-order valence-corrected chi connectivity index (χ1v) is 11.6. The molecule has 0 saturated carbocycles. The molecule has 0 aromatic heterocycles. The summed E-state index contributed by atoms with van der Waals surface area (Å²) in [6, 6.07) is 16.8. The Hall–Kier alpha value is -3.65. The molecular formula is C29H28F2O3. The number of carbonyl (C=O) groups excluding carboxylic acids is 1. The predicted octanol–water partition coefficient (Wildman–Crippen LogP) is 7.32. The lowest BCUT2D eigenvalue weighted by atomic mass is 10.1. The molecule has 0 spiro atoms. The average molecular weight is 463 g/mol. The predicted molar refractivity (Wildman–Crippen MR) is 129 cm³/mol. The molecule has 0 heterocycles. The number of benzene rings is 3. The van der Waals surface area contributed by atoms with Crippen LogP contribution in [-0.2, 0) is 0 Å². The maximum absolute atomic E-state index is 13.3. The van der Waals surface area contributed by atoms with E-state index in [1.807, 2.05) is 24.3 Å². The van der Waals surface area contributed by atoms with Crippen LogP contribution in [0, 0.1) is 23.5 Å². The van der Waals surface area contributed by atoms with Gasteiger partial charge in [0.1, 0.15) is 23.1 Å². The van der Waals surface area contributed by atoms with E-state index >= 15 is 0 Å². The van der Waals surface area contributed by atoms with Crippen molar-refractivity contribution in [3.63, 3.8) is 0 Å². The van der Waals surface area contributed by atoms with Crippen LogP contribution in [0.25, 0.3) is 0 Å². The molecule has 0 saturated heterocycles. The van der Waals surface area contributed by atoms with Gasteiger partial charge in [0.25, 0.3) is 0 Å². The highest BCUT2D eigenvalue weighted by molar-refractivity contribution is 5.91. The third kappa shape index (κ3) is 8.37. The van der Waals surface area contributed by atoms with E-state index in [-0.39, 0.29) is 11.3 Å². The lowest BCUT2D eigenvalue weighted by Gasteiger charge is -2.06. The van der Waals surface area contributed by atoms with Crippen molar-refractivity contribution in [1.82, 2.24) is 0 Å². The highest BCUT2D eigenvalue weighted by Crippen LogP contribution is 2.16. The monoisotopic (exact) mass is 462 g/mol. The lowest BCUT2D eigenvalue weighted by molar-refractivity contribution is 0.0733. The second kappa shape index (κ2) is 13.2. The standard InChI is InChI=1S/C29H28F2O3/c1-2-3-4-5-6-7-18-33-27-14-10-22(11-15-27)8-9-23-12-16-28(17-13-23)34-29(32)24-19-25(30)21-26(31)20-24/h10-17,19-21H,2-7,18H2,1H3. The SMILES string of the molecule is CCCCCCCCOc1ccc(C#Cc2ccc(OC(=O)c3cc(F)cc(F)c3)cc2)cc1. The van der Waals surface area contributed by atoms with Gasteiger partial charge in [0.15, 0.2) is 0 Å². The van der Waals surface area contributed by atoms with Crippen LogP contribution in [0.5, 0.6) is 11.5 Å². The Morgan fingerprint density at radius 2 is 1.26 bits per heavy atom. The molecule has 0 atom stereocenters. The highest BCUT2D eigenvalue weighted by atomic mass is 19.1. The molecule has 0 N–H and O–H groups in total. The van der Waals surface area contributed by atoms with Crippen molar-refractivity contribution in [3.05, 3.63) is 95.1 Å². The molecule has 34 heavy (non-hydrogen) atoms. The zero-order valence-electron chi connectivity index (χ0n) is 19.3. The van der Waals surface area contributed by atoms with Crippen molar-refractivity contribution < 1.29 is 23.0 Å². The molecule has 176 valence electrons. The number of rotatable bonds is 10. The number of esters is 1. The van der Waals surface area contributed by atoms with Crippen LogP contribution in [0.1, 0.15) is 66.9 Å². The third-order valence-electron chi connectivity index (χ3n) is 5.14. The highest BCUT2D eigenvalue weighted by Gasteiger charge is 2.11. The first-order valence-electron chi connectivity index (χ1n) is 11.6. The number of unbranched alkanes of at least 4 members (excludes halogenated alkanes) is 5. The minimum atomic E-state index is -0.838. The van der Waals surface area contributed by atoms with Gasteiger partial charge < -0.3 is 9.47 Å². The normalized spacial score (nSPS) is 10.3. The molecule has 0 aliphatic rings. The van der Waals surface area contributed by atoms with Gasteiger partial charge in [-0.05, 0) is 67.1 Å². The number of carbonyl (C=O) groups is 1. The Morgan fingerprint density at radius 1 is 0.735 bits per heavy atom. The summed E-state index contributed by atoms with van der Waals surface area (Å²) in [5.74, 6) is 4.72. The summed E-state index contributed by atoms with van der Waals surface area (Å²) in [6.45, 7) is 2.94. The molecule has 0 aliphatic heterocycles. The zero-order valence-corrected chi connectivity index (χ0v) is 19.3. The van der Waals surface area contributed by atoms with Crippen LogP contribution in [0.4, 0.5) is 8.78 Å². The largest absolute Gasteiger partial charge is 0.494 e. The maximum Gasteiger partial charge on any atom is 0.343 e. The first-order chi connectivity index (χ1) is 16.5. The molecule has 0 fully saturated rings. The molecule has 5 heteroatoms. The molecule has 0 unspecified atom stereocenters. The smallest absolute Gasteiger partial charge is 0.343 e. The van der Waals surface area contributed by atoms with Crippen molar-refractivity contribution in [1.29, 1.82) is 0 Å². The summed E-state index contributed by atoms with van der Waals surface area (Å²) in [4.78, 5) is 12.1. The number of hydrogen-bond donors (Lipinski definition) is 0. The van der Waals surface area contributed by atoms with Gasteiger partial charge in [-0.3, -0.25) is 0 Å². The number of ether oxygens (including phenoxy) is 2. The summed E-state index contributed by atoms with van der Waals surface area (Å²) >= 11 is 0. The van der Waals surface area contributed by atoms with Gasteiger partial charge in [-0.1, -0.05) is 50.9 Å². The van der Waals surface area contributed by atoms with Crippen LogP contribution < -0.4 is 9.47 Å². The lowest BCUT2D eigenvalue weighted by Crippen LogP contribution is -2.09. The van der Waals surface area contributed by atoms with Gasteiger partial charge >= 0.3 is 5.97 Å². The second-order valence-electron chi connectivity index (χ2n) is 7.96. The topological polar surface area (TPSA) is 35.5 Å². The second-order valence-corrected chi connectivity index (χ2v) is 7.96. The minimum absolute atomic E-state index is 0.194. The fraction of sp³-hybridized carbons (Fsp3) is 0.276. The van der Waals surface area contributed by atoms with Gasteiger partial charge in [-0.2, -0.15) is 0 Å². The van der Waals surface area contributed by atoms with Gasteiger partial charge in [0, 0.05) is 17.2 Å². The fourth-order valence-electron chi connectivity index (χ4n) is 3.30. The molecular weight excluding hydrogens is 434 g/mol. The number of hydrogen-bond acceptors (Lipinski definition) is 3. The van der Waals surface area contributed by atoms with Crippen LogP contribution in [0.2, 0.25) is 0 Å². The van der Waals surface area contributed by atoms with E-state index in [0.717, 1.165) is 42.0 Å². The van der Waals surface area contributed by atoms with E-state index in [4.69, 9.17) is 9.47 Å². The zero-order chi connectivity index (χ0) is 24.2. The third-order valence-corrected chi connectivity index (χ3v) is 5.14. The molecule has 3 aromatic rings. The fourth-order valence-corrected chi connectivity index (χ4v) is 3.30. The molecule has 3 rings (SSSR count). The number of halogens is 2. The van der Waals surface area contributed by atoms with E-state index in [0.29, 0.717) is 6.07 Å². The van der Waals surface area contributed by atoms with Crippen LogP contribution in [0.15, 0.2) is 66.7 Å².